The van der Waals surface area contributed by atoms with Crippen LogP contribution in [0.25, 0.3) is 27.6 Å². The van der Waals surface area contributed by atoms with Crippen LogP contribution in [0.3, 0.4) is 0 Å². The van der Waals surface area contributed by atoms with E-state index >= 15 is 0 Å². The number of rotatable bonds is 5. The predicted molar refractivity (Wildman–Crippen MR) is 123 cm³/mol. The van der Waals surface area contributed by atoms with Gasteiger partial charge in [0, 0.05) is 54.5 Å². The number of aliphatic hydroxyl groups excluding tert-OH is 1. The van der Waals surface area contributed by atoms with E-state index in [2.05, 4.69) is 5.10 Å². The fourth-order valence-corrected chi connectivity index (χ4v) is 4.98. The second-order valence-electron chi connectivity index (χ2n) is 8.81. The first kappa shape index (κ1) is 22.5. The van der Waals surface area contributed by atoms with E-state index in [1.54, 1.807) is 17.8 Å². The molecule has 2 aromatic heterocycles. The number of aromatic nitrogens is 3. The van der Waals surface area contributed by atoms with Crippen molar-refractivity contribution in [3.63, 3.8) is 0 Å². The zero-order valence-electron chi connectivity index (χ0n) is 18.7. The lowest BCUT2D eigenvalue weighted by Gasteiger charge is -2.24. The fraction of sp³-hybridized carbons (Fsp3) is 0.360. The molecule has 2 aromatic carbocycles. The molecule has 6 nitrogen and oxygen atoms in total. The number of carbonyl (C=O) groups excluding carboxylic acids is 1. The van der Waals surface area contributed by atoms with Gasteiger partial charge in [-0.15, -0.1) is 0 Å². The lowest BCUT2D eigenvalue weighted by Crippen LogP contribution is -2.35. The molecule has 1 fully saturated rings. The number of hydrogen-bond acceptors (Lipinski definition) is 3. The first-order valence-corrected chi connectivity index (χ1v) is 11.3. The molecule has 1 aliphatic heterocycles. The van der Waals surface area contributed by atoms with E-state index in [0.29, 0.717) is 29.9 Å². The third-order valence-corrected chi connectivity index (χ3v) is 6.58. The van der Waals surface area contributed by atoms with Gasteiger partial charge in [-0.3, -0.25) is 14.0 Å². The number of alkyl halides is 3. The summed E-state index contributed by atoms with van der Waals surface area (Å²) in [6.45, 7) is 0.808. The molecule has 9 heteroatoms. The predicted octanol–water partition coefficient (Wildman–Crippen LogP) is 4.91. The fourth-order valence-electron chi connectivity index (χ4n) is 4.98. The van der Waals surface area contributed by atoms with Crippen LogP contribution in [0.4, 0.5) is 13.2 Å². The average Bonchev–Trinajstić information content (AvgIpc) is 3.50. The largest absolute Gasteiger partial charge is 0.416 e. The van der Waals surface area contributed by atoms with Gasteiger partial charge >= 0.3 is 6.18 Å². The summed E-state index contributed by atoms with van der Waals surface area (Å²) in [5, 5.41) is 15.3. The normalized spacial score (nSPS) is 16.7. The molecule has 0 aliphatic carbocycles. The van der Waals surface area contributed by atoms with Gasteiger partial charge in [-0.05, 0) is 68.1 Å². The van der Waals surface area contributed by atoms with Crippen LogP contribution in [0.1, 0.15) is 41.6 Å². The second kappa shape index (κ2) is 8.47. The summed E-state index contributed by atoms with van der Waals surface area (Å²) in [7, 11) is 1.79. The van der Waals surface area contributed by atoms with Crippen LogP contribution < -0.4 is 0 Å². The monoisotopic (exact) mass is 470 g/mol. The van der Waals surface area contributed by atoms with Gasteiger partial charge in [-0.2, -0.15) is 18.3 Å². The number of carbonyl (C=O) groups is 1. The van der Waals surface area contributed by atoms with E-state index in [4.69, 9.17) is 0 Å². The third-order valence-electron chi connectivity index (χ3n) is 6.58. The minimum absolute atomic E-state index is 0.0401. The Morgan fingerprint density at radius 1 is 1.15 bits per heavy atom. The van der Waals surface area contributed by atoms with Crippen molar-refractivity contribution in [3.8, 4) is 5.69 Å². The highest BCUT2D eigenvalue weighted by molar-refractivity contribution is 6.10. The second-order valence-corrected chi connectivity index (χ2v) is 8.81. The maximum Gasteiger partial charge on any atom is 0.416 e. The summed E-state index contributed by atoms with van der Waals surface area (Å²) >= 11 is 0. The summed E-state index contributed by atoms with van der Waals surface area (Å²) in [4.78, 5) is 15.2. The number of likely N-dealkylation sites (tertiary alicyclic amines) is 1. The molecular weight excluding hydrogens is 445 g/mol. The van der Waals surface area contributed by atoms with Crippen LogP contribution in [-0.4, -0.2) is 49.5 Å². The molecule has 1 N–H and O–H groups in total. The molecule has 1 amide bonds. The molecule has 3 heterocycles. The van der Waals surface area contributed by atoms with E-state index in [0.717, 1.165) is 47.7 Å². The highest BCUT2D eigenvalue weighted by Crippen LogP contribution is 2.35. The van der Waals surface area contributed by atoms with Crippen LogP contribution in [0, 0.1) is 0 Å². The molecule has 0 bridgehead atoms. The van der Waals surface area contributed by atoms with Crippen LogP contribution in [0.2, 0.25) is 0 Å². The minimum Gasteiger partial charge on any atom is -0.396 e. The number of hydrogen-bond donors (Lipinski definition) is 1. The van der Waals surface area contributed by atoms with Gasteiger partial charge in [0.25, 0.3) is 5.91 Å². The Bertz CT molecular complexity index is 1350. The van der Waals surface area contributed by atoms with Crippen molar-refractivity contribution in [1.82, 2.24) is 19.2 Å². The molecule has 1 atom stereocenters. The quantitative estimate of drug-likeness (QED) is 0.451. The lowest BCUT2D eigenvalue weighted by molar-refractivity contribution is -0.137. The third kappa shape index (κ3) is 3.83. The Labute approximate surface area is 194 Å². The molecule has 5 rings (SSSR count). The molecule has 1 saturated heterocycles. The summed E-state index contributed by atoms with van der Waals surface area (Å²) in [6.07, 6.45) is 0.775. The maximum absolute atomic E-state index is 13.3. The molecule has 1 aliphatic rings. The highest BCUT2D eigenvalue weighted by atomic mass is 19.4. The molecule has 178 valence electrons. The summed E-state index contributed by atoms with van der Waals surface area (Å²) in [6, 6.07) is 10.6. The van der Waals surface area contributed by atoms with Gasteiger partial charge in [-0.1, -0.05) is 0 Å². The van der Waals surface area contributed by atoms with Gasteiger partial charge in [0.2, 0.25) is 0 Å². The molecule has 4 aromatic rings. The van der Waals surface area contributed by atoms with Crippen molar-refractivity contribution < 1.29 is 23.1 Å². The van der Waals surface area contributed by atoms with Crippen molar-refractivity contribution in [2.24, 2.45) is 7.05 Å². The topological polar surface area (TPSA) is 63.3 Å². The number of aryl methyl sites for hydroxylation is 1. The van der Waals surface area contributed by atoms with E-state index in [9.17, 15) is 23.1 Å². The number of fused-ring (bicyclic) bond motifs is 3. The molecule has 0 spiro atoms. The molecule has 0 saturated carbocycles. The molecule has 34 heavy (non-hydrogen) atoms. The first-order chi connectivity index (χ1) is 16.3. The number of aliphatic hydroxyl groups is 1. The summed E-state index contributed by atoms with van der Waals surface area (Å²) in [5.74, 6) is -0.0401. The van der Waals surface area contributed by atoms with Gasteiger partial charge < -0.3 is 10.0 Å². The lowest BCUT2D eigenvalue weighted by atomic mass is 10.1. The van der Waals surface area contributed by atoms with Crippen molar-refractivity contribution in [1.29, 1.82) is 0 Å². The Balaban J connectivity index is 1.57. The van der Waals surface area contributed by atoms with E-state index in [1.165, 1.54) is 12.1 Å². The van der Waals surface area contributed by atoms with Crippen molar-refractivity contribution in [2.75, 3.05) is 13.2 Å². The Morgan fingerprint density at radius 2 is 1.91 bits per heavy atom. The standard InChI is InChI=1S/C25H25F3N4O2/c1-30-15-21-20-14-16(24(34)31-12-2-4-18(31)5-3-13-33)6-11-22(20)32(23(21)29-30)19-9-7-17(8-10-19)25(26,27)28/h6-11,14-15,18,33H,2-5,12-13H2,1H3/t18-/m1/s1. The number of benzene rings is 2. The van der Waals surface area contributed by atoms with E-state index in [1.807, 2.05) is 27.8 Å². The zero-order valence-corrected chi connectivity index (χ0v) is 18.7. The Morgan fingerprint density at radius 3 is 2.62 bits per heavy atom. The molecule has 0 radical (unpaired) electrons. The van der Waals surface area contributed by atoms with E-state index in [-0.39, 0.29) is 18.6 Å². The highest BCUT2D eigenvalue weighted by Gasteiger charge is 2.31. The zero-order chi connectivity index (χ0) is 24.0. The van der Waals surface area contributed by atoms with Crippen molar-refractivity contribution in [2.45, 2.75) is 37.9 Å². The van der Waals surface area contributed by atoms with Crippen molar-refractivity contribution >= 4 is 27.8 Å². The summed E-state index contributed by atoms with van der Waals surface area (Å²) in [5.41, 5.74) is 1.81. The SMILES string of the molecule is Cn1cc2c3cc(C(=O)N4CCC[C@@H]4CCCO)ccc3n(-c3ccc(C(F)(F)F)cc3)c2n1. The van der Waals surface area contributed by atoms with Gasteiger partial charge in [0.05, 0.1) is 11.1 Å². The first-order valence-electron chi connectivity index (χ1n) is 11.3. The smallest absolute Gasteiger partial charge is 0.396 e. The number of halogens is 3. The summed E-state index contributed by atoms with van der Waals surface area (Å²) < 4.78 is 42.6. The Hall–Kier alpha value is -3.33. The van der Waals surface area contributed by atoms with Gasteiger partial charge in [0.1, 0.15) is 0 Å². The van der Waals surface area contributed by atoms with Crippen LogP contribution in [0.5, 0.6) is 0 Å². The number of nitrogens with zero attached hydrogens (tertiary/aromatic N) is 4. The maximum atomic E-state index is 13.3. The Kier molecular flexibility index (Phi) is 5.59. The van der Waals surface area contributed by atoms with E-state index < -0.39 is 11.7 Å². The van der Waals surface area contributed by atoms with Crippen LogP contribution in [-0.2, 0) is 13.2 Å². The van der Waals surface area contributed by atoms with Gasteiger partial charge in [-0.25, -0.2) is 0 Å². The van der Waals surface area contributed by atoms with Crippen LogP contribution in [0.15, 0.2) is 48.7 Å². The van der Waals surface area contributed by atoms with Crippen molar-refractivity contribution in [3.05, 3.63) is 59.8 Å². The molecular formula is C25H25F3N4O2. The minimum atomic E-state index is -4.41. The van der Waals surface area contributed by atoms with Gasteiger partial charge in [0.15, 0.2) is 5.65 Å². The molecule has 0 unspecified atom stereocenters. The average molecular weight is 470 g/mol. The number of amides is 1. The van der Waals surface area contributed by atoms with Crippen LogP contribution >= 0.6 is 0 Å².